The van der Waals surface area contributed by atoms with Gasteiger partial charge < -0.3 is 16.5 Å². The maximum absolute atomic E-state index is 13.0. The van der Waals surface area contributed by atoms with Crippen molar-refractivity contribution in [3.63, 3.8) is 0 Å². The molecule has 0 saturated carbocycles. The van der Waals surface area contributed by atoms with Gasteiger partial charge in [-0.3, -0.25) is 14.8 Å². The molecule has 0 aliphatic carbocycles. The Bertz CT molecular complexity index is 1570. The fourth-order valence-corrected chi connectivity index (χ4v) is 5.03. The molecule has 294 valence electrons. The van der Waals surface area contributed by atoms with Gasteiger partial charge in [0, 0.05) is 30.3 Å². The molecular weight excluding hydrogens is 673 g/mol. The molecule has 6 N–H and O–H groups in total. The Labute approximate surface area is 317 Å². The number of amidine groups is 1. The van der Waals surface area contributed by atoms with Crippen LogP contribution in [0.3, 0.4) is 0 Å². The van der Waals surface area contributed by atoms with Crippen molar-refractivity contribution in [3.8, 4) is 0 Å². The highest BCUT2D eigenvalue weighted by atomic mass is 19.1. The molecule has 12 heteroatoms. The molecule has 0 unspecified atom stereocenters. The molecule has 1 amide bonds. The fraction of sp³-hybridized carbons (Fsp3) is 0.537. The summed E-state index contributed by atoms with van der Waals surface area (Å²) in [7, 11) is 0. The van der Waals surface area contributed by atoms with Crippen LogP contribution in [0.5, 0.6) is 0 Å². The van der Waals surface area contributed by atoms with Crippen LogP contribution in [0.1, 0.15) is 119 Å². The van der Waals surface area contributed by atoms with E-state index < -0.39 is 5.95 Å². The van der Waals surface area contributed by atoms with Gasteiger partial charge in [-0.25, -0.2) is 20.2 Å². The van der Waals surface area contributed by atoms with E-state index in [2.05, 4.69) is 52.7 Å². The molecule has 1 aliphatic rings. The predicted octanol–water partition coefficient (Wildman–Crippen LogP) is 8.08. The Balaban J connectivity index is 0.000000359. The van der Waals surface area contributed by atoms with Crippen LogP contribution < -0.4 is 22.4 Å². The molecule has 1 fully saturated rings. The first-order chi connectivity index (χ1) is 24.6. The van der Waals surface area contributed by atoms with Crippen molar-refractivity contribution in [3.05, 3.63) is 89.5 Å². The quantitative estimate of drug-likeness (QED) is 0.0755. The predicted molar refractivity (Wildman–Crippen MR) is 217 cm³/mol. The van der Waals surface area contributed by atoms with Gasteiger partial charge >= 0.3 is 0 Å². The number of nitrogens with two attached hydrogens (primary N) is 3. The molecule has 4 rings (SSSR count). The first kappa shape index (κ1) is 46.7. The molecule has 2 aromatic heterocycles. The van der Waals surface area contributed by atoms with Gasteiger partial charge in [-0.1, -0.05) is 81.4 Å². The first-order valence-corrected chi connectivity index (χ1v) is 18.3. The number of aromatic nitrogens is 2. The molecule has 3 aromatic rings. The SMILES string of the molecule is CC(C)(C)c1ccnc(F)c1.CC(C)(C)c1ccncc1F.CC(C)C(N)=NC(=O)C1CCN(C(C)C)CC1.CC(C)c1ccc(N(N)/C=N\N)cc1. The number of carbonyl (C=O) groups excluding carboxylic acids is 1. The average molecular weight is 738 g/mol. The average Bonchev–Trinajstić information content (AvgIpc) is 3.08. The summed E-state index contributed by atoms with van der Waals surface area (Å²) in [6.45, 7) is 26.6. The molecule has 0 bridgehead atoms. The minimum absolute atomic E-state index is 0.00375. The van der Waals surface area contributed by atoms with Gasteiger partial charge in [0.1, 0.15) is 18.0 Å². The fourth-order valence-electron chi connectivity index (χ4n) is 5.03. The molecule has 0 radical (unpaired) electrons. The van der Waals surface area contributed by atoms with Crippen LogP contribution in [-0.4, -0.2) is 52.1 Å². The lowest BCUT2D eigenvalue weighted by Crippen LogP contribution is -2.40. The summed E-state index contributed by atoms with van der Waals surface area (Å²) in [5, 5.41) is 4.72. The summed E-state index contributed by atoms with van der Waals surface area (Å²) in [6, 6.07) is 13.6. The van der Waals surface area contributed by atoms with Crippen molar-refractivity contribution in [2.24, 2.45) is 39.3 Å². The molecule has 3 heterocycles. The molecule has 1 aliphatic heterocycles. The van der Waals surface area contributed by atoms with Gasteiger partial charge in [-0.2, -0.15) is 9.49 Å². The van der Waals surface area contributed by atoms with Crippen molar-refractivity contribution in [1.82, 2.24) is 14.9 Å². The summed E-state index contributed by atoms with van der Waals surface area (Å²) < 4.78 is 25.6. The van der Waals surface area contributed by atoms with Crippen LogP contribution in [0.15, 0.2) is 71.1 Å². The Morgan fingerprint density at radius 1 is 0.925 bits per heavy atom. The number of anilines is 1. The van der Waals surface area contributed by atoms with Crippen LogP contribution >= 0.6 is 0 Å². The lowest BCUT2D eigenvalue weighted by molar-refractivity contribution is -0.123. The second kappa shape index (κ2) is 22.0. The third-order valence-electron chi connectivity index (χ3n) is 8.66. The molecule has 10 nitrogen and oxygen atoms in total. The van der Waals surface area contributed by atoms with Crippen molar-refractivity contribution in [2.75, 3.05) is 18.1 Å². The zero-order valence-corrected chi connectivity index (χ0v) is 34.1. The summed E-state index contributed by atoms with van der Waals surface area (Å²) in [4.78, 5) is 25.5. The number of hydrogen-bond donors (Lipinski definition) is 3. The van der Waals surface area contributed by atoms with Crippen molar-refractivity contribution >= 4 is 23.8 Å². The van der Waals surface area contributed by atoms with E-state index in [1.807, 2.05) is 85.7 Å². The number of halogens is 2. The zero-order chi connectivity index (χ0) is 40.5. The van der Waals surface area contributed by atoms with Gasteiger partial charge in [-0.05, 0) is 104 Å². The van der Waals surface area contributed by atoms with Crippen LogP contribution in [-0.2, 0) is 15.6 Å². The molecule has 0 spiro atoms. The third-order valence-corrected chi connectivity index (χ3v) is 8.66. The smallest absolute Gasteiger partial charge is 0.250 e. The third kappa shape index (κ3) is 17.4. The lowest BCUT2D eigenvalue weighted by Gasteiger charge is -2.33. The van der Waals surface area contributed by atoms with Crippen molar-refractivity contribution < 1.29 is 13.6 Å². The molecule has 1 saturated heterocycles. The summed E-state index contributed by atoms with van der Waals surface area (Å²) in [5.74, 6) is 11.2. The Kier molecular flexibility index (Phi) is 19.4. The van der Waals surface area contributed by atoms with Crippen LogP contribution in [0.2, 0.25) is 0 Å². The van der Waals surface area contributed by atoms with Gasteiger partial charge in [0.15, 0.2) is 0 Å². The topological polar surface area (TPSA) is 152 Å². The second-order valence-corrected chi connectivity index (χ2v) is 16.1. The van der Waals surface area contributed by atoms with Crippen molar-refractivity contribution in [2.45, 2.75) is 119 Å². The number of nitrogens with zero attached hydrogens (tertiary/aromatic N) is 6. The second-order valence-electron chi connectivity index (χ2n) is 16.1. The minimum Gasteiger partial charge on any atom is -0.387 e. The van der Waals surface area contributed by atoms with Gasteiger partial charge in [0.05, 0.1) is 11.9 Å². The van der Waals surface area contributed by atoms with E-state index in [4.69, 9.17) is 17.4 Å². The highest BCUT2D eigenvalue weighted by Crippen LogP contribution is 2.24. The maximum Gasteiger partial charge on any atom is 0.250 e. The zero-order valence-electron chi connectivity index (χ0n) is 34.1. The lowest BCUT2D eigenvalue weighted by atomic mass is 9.87. The van der Waals surface area contributed by atoms with E-state index in [9.17, 15) is 13.6 Å². The van der Waals surface area contributed by atoms with E-state index in [0.717, 1.165) is 37.2 Å². The maximum atomic E-state index is 13.0. The van der Waals surface area contributed by atoms with E-state index in [-0.39, 0.29) is 34.4 Å². The van der Waals surface area contributed by atoms with Gasteiger partial charge in [0.2, 0.25) is 5.95 Å². The van der Waals surface area contributed by atoms with Crippen molar-refractivity contribution in [1.29, 1.82) is 0 Å². The van der Waals surface area contributed by atoms with Gasteiger partial charge in [0.25, 0.3) is 5.91 Å². The monoisotopic (exact) mass is 738 g/mol. The van der Waals surface area contributed by atoms with E-state index in [1.54, 1.807) is 12.3 Å². The largest absolute Gasteiger partial charge is 0.387 e. The highest BCUT2D eigenvalue weighted by molar-refractivity contribution is 5.95. The first-order valence-electron chi connectivity index (χ1n) is 18.3. The van der Waals surface area contributed by atoms with Gasteiger partial charge in [-0.15, -0.1) is 0 Å². The number of likely N-dealkylation sites (tertiary alicyclic amines) is 1. The number of pyridine rings is 2. The number of hydrazone groups is 1. The Morgan fingerprint density at radius 3 is 1.91 bits per heavy atom. The number of piperidine rings is 1. The van der Waals surface area contributed by atoms with Crippen LogP contribution in [0.25, 0.3) is 0 Å². The van der Waals surface area contributed by atoms with Crippen LogP contribution in [0.4, 0.5) is 14.5 Å². The minimum atomic E-state index is -0.405. The van der Waals surface area contributed by atoms with E-state index in [0.29, 0.717) is 23.4 Å². The summed E-state index contributed by atoms with van der Waals surface area (Å²) in [6.07, 6.45) is 7.54. The van der Waals surface area contributed by atoms with E-state index in [1.165, 1.54) is 35.4 Å². The number of aliphatic imine (C=N–C) groups is 1. The Hall–Kier alpha value is -4.29. The highest BCUT2D eigenvalue weighted by Gasteiger charge is 2.26. The normalized spacial score (nSPS) is 14.3. The Morgan fingerprint density at radius 2 is 1.51 bits per heavy atom. The standard InChI is InChI=1S/C13H25N3O.C10H16N4.2C9H12FN/c1-9(2)12(14)15-13(17)11-5-7-16(8-6-11)10(3)4;1-8(2)9-3-5-10(6-4-9)14(12)7-13-11;1-9(2,3)7-4-5-11-6-8(7)10;1-9(2,3)7-4-5-11-8(10)6-7/h9-11H,5-8H2,1-4H3,(H2,14,15,17);3-8H,11-12H2,1-2H3;2*4-6H,1-3H3/b;13-7-;;. The molecule has 0 atom stereocenters. The molecular formula is C41H65F2N9O. The number of amides is 1. The molecule has 53 heavy (non-hydrogen) atoms. The number of benzene rings is 1. The number of hydrazine groups is 1. The van der Waals surface area contributed by atoms with Crippen LogP contribution in [0, 0.1) is 23.6 Å². The summed E-state index contributed by atoms with van der Waals surface area (Å²) in [5.41, 5.74) is 9.43. The summed E-state index contributed by atoms with van der Waals surface area (Å²) >= 11 is 0. The molecule has 1 aromatic carbocycles. The van der Waals surface area contributed by atoms with E-state index >= 15 is 0 Å². The number of hydrogen-bond acceptors (Lipinski definition) is 7. The number of rotatable bonds is 6. The number of carbonyl (C=O) groups is 1.